The molecule has 1 atom stereocenters. The Bertz CT molecular complexity index is 589. The van der Waals surface area contributed by atoms with Crippen molar-refractivity contribution in [3.8, 4) is 0 Å². The molecule has 1 aromatic carbocycles. The zero-order chi connectivity index (χ0) is 16.5. The van der Waals surface area contributed by atoms with Gasteiger partial charge in [-0.05, 0) is 43.0 Å². The predicted octanol–water partition coefficient (Wildman–Crippen LogP) is 4.37. The molecule has 2 rings (SSSR count). The largest absolute Gasteiger partial charge is 0.312 e. The monoisotopic (exact) mass is 365 g/mol. The van der Waals surface area contributed by atoms with Crippen LogP contribution in [0, 0.1) is 5.41 Å². The molecule has 1 unspecified atom stereocenters. The summed E-state index contributed by atoms with van der Waals surface area (Å²) in [6.45, 7) is 8.57. The van der Waals surface area contributed by atoms with Crippen LogP contribution in [0.4, 0.5) is 5.69 Å². The van der Waals surface area contributed by atoms with Gasteiger partial charge in [0.1, 0.15) is 0 Å². The number of alkyl halides is 1. The third kappa shape index (κ3) is 3.43. The Morgan fingerprint density at radius 3 is 2.59 bits per heavy atom. The molecule has 1 amide bonds. The average molecular weight is 366 g/mol. The molecule has 0 saturated heterocycles. The van der Waals surface area contributed by atoms with Crippen molar-refractivity contribution in [3.63, 3.8) is 0 Å². The minimum absolute atomic E-state index is 0.115. The van der Waals surface area contributed by atoms with Gasteiger partial charge in [-0.1, -0.05) is 43.6 Å². The van der Waals surface area contributed by atoms with Gasteiger partial charge in [-0.15, -0.1) is 0 Å². The molecule has 1 aromatic rings. The number of fused-ring (bicyclic) bond motifs is 1. The number of ketones is 1. The van der Waals surface area contributed by atoms with E-state index in [0.717, 1.165) is 42.6 Å². The Morgan fingerprint density at radius 1 is 1.32 bits per heavy atom. The summed E-state index contributed by atoms with van der Waals surface area (Å²) in [5, 5.41) is 0. The lowest BCUT2D eigenvalue weighted by Gasteiger charge is -2.34. The van der Waals surface area contributed by atoms with Crippen molar-refractivity contribution >= 4 is 33.3 Å². The summed E-state index contributed by atoms with van der Waals surface area (Å²) < 4.78 is 0. The number of Topliss-reactive ketones (excluding diaryl/α,β-unsaturated/α-hetero) is 1. The first kappa shape index (κ1) is 17.2. The highest BCUT2D eigenvalue weighted by molar-refractivity contribution is 9.10. The fraction of sp³-hybridized carbons (Fsp3) is 0.556. The maximum atomic E-state index is 12.6. The van der Waals surface area contributed by atoms with Gasteiger partial charge in [-0.3, -0.25) is 9.59 Å². The average Bonchev–Trinajstić information content (AvgIpc) is 2.50. The maximum absolute atomic E-state index is 12.6. The van der Waals surface area contributed by atoms with Gasteiger partial charge in [0.15, 0.2) is 5.78 Å². The summed E-state index contributed by atoms with van der Waals surface area (Å²) in [6.07, 6.45) is 2.63. The highest BCUT2D eigenvalue weighted by Crippen LogP contribution is 2.32. The molecule has 22 heavy (non-hydrogen) atoms. The first-order valence-electron chi connectivity index (χ1n) is 7.89. The number of aryl methyl sites for hydroxylation is 1. The van der Waals surface area contributed by atoms with E-state index < -0.39 is 5.41 Å². The van der Waals surface area contributed by atoms with E-state index in [1.54, 1.807) is 0 Å². The molecule has 0 N–H and O–H groups in total. The van der Waals surface area contributed by atoms with Crippen molar-refractivity contribution in [1.29, 1.82) is 0 Å². The maximum Gasteiger partial charge on any atom is 0.232 e. The van der Waals surface area contributed by atoms with Crippen LogP contribution < -0.4 is 4.90 Å². The summed E-state index contributed by atoms with van der Waals surface area (Å²) in [7, 11) is 0. The summed E-state index contributed by atoms with van der Waals surface area (Å²) in [4.78, 5) is 26.7. The van der Waals surface area contributed by atoms with Gasteiger partial charge in [0.05, 0.1) is 4.83 Å². The second kappa shape index (κ2) is 6.53. The van der Waals surface area contributed by atoms with Crippen molar-refractivity contribution in [2.24, 2.45) is 5.41 Å². The Hall–Kier alpha value is -1.16. The quantitative estimate of drug-likeness (QED) is 0.589. The van der Waals surface area contributed by atoms with Gasteiger partial charge in [0, 0.05) is 23.2 Å². The molecular weight excluding hydrogens is 342 g/mol. The Kier molecular flexibility index (Phi) is 5.10. The molecule has 0 bridgehead atoms. The van der Waals surface area contributed by atoms with Crippen LogP contribution in [0.25, 0.3) is 0 Å². The number of nitrogens with zero attached hydrogens (tertiary/aromatic N) is 1. The fourth-order valence-electron chi connectivity index (χ4n) is 2.73. The van der Waals surface area contributed by atoms with Gasteiger partial charge in [0.2, 0.25) is 5.91 Å². The Balaban J connectivity index is 2.35. The minimum Gasteiger partial charge on any atom is -0.312 e. The molecule has 0 radical (unpaired) electrons. The molecule has 0 fully saturated rings. The topological polar surface area (TPSA) is 37.4 Å². The molecule has 0 spiro atoms. The number of anilines is 1. The zero-order valence-corrected chi connectivity index (χ0v) is 15.4. The van der Waals surface area contributed by atoms with E-state index in [0.29, 0.717) is 0 Å². The third-order valence-corrected chi connectivity index (χ3v) is 5.08. The predicted molar refractivity (Wildman–Crippen MR) is 93.9 cm³/mol. The fourth-order valence-corrected chi connectivity index (χ4v) is 3.00. The van der Waals surface area contributed by atoms with E-state index in [1.165, 1.54) is 0 Å². The summed E-state index contributed by atoms with van der Waals surface area (Å²) in [5.41, 5.74) is 2.40. The molecule has 1 aliphatic heterocycles. The van der Waals surface area contributed by atoms with E-state index >= 15 is 0 Å². The van der Waals surface area contributed by atoms with Gasteiger partial charge in [-0.25, -0.2) is 0 Å². The van der Waals surface area contributed by atoms with Crippen molar-refractivity contribution in [3.05, 3.63) is 29.3 Å². The number of carbonyl (C=O) groups is 2. The highest BCUT2D eigenvalue weighted by Gasteiger charge is 2.31. The second-order valence-corrected chi connectivity index (χ2v) is 8.00. The lowest BCUT2D eigenvalue weighted by Crippen LogP contribution is -2.42. The number of amides is 1. The van der Waals surface area contributed by atoms with Gasteiger partial charge in [0.25, 0.3) is 0 Å². The van der Waals surface area contributed by atoms with E-state index in [1.807, 2.05) is 50.8 Å². The zero-order valence-electron chi connectivity index (χ0n) is 13.8. The van der Waals surface area contributed by atoms with Crippen molar-refractivity contribution in [2.45, 2.75) is 51.8 Å². The Labute approximate surface area is 141 Å². The van der Waals surface area contributed by atoms with Crippen LogP contribution in [-0.4, -0.2) is 23.1 Å². The highest BCUT2D eigenvalue weighted by atomic mass is 79.9. The van der Waals surface area contributed by atoms with Crippen LogP contribution in [0.5, 0.6) is 0 Å². The lowest BCUT2D eigenvalue weighted by atomic mass is 9.91. The number of halogens is 1. The van der Waals surface area contributed by atoms with Crippen LogP contribution in [-0.2, 0) is 11.2 Å². The number of rotatable bonds is 3. The second-order valence-electron chi connectivity index (χ2n) is 6.89. The van der Waals surface area contributed by atoms with Gasteiger partial charge in [-0.2, -0.15) is 0 Å². The molecule has 1 heterocycles. The molecular formula is C18H24BrNO2. The number of carbonyl (C=O) groups excluding carboxylic acids is 2. The summed E-state index contributed by atoms with van der Waals surface area (Å²) in [5.74, 6) is 0.254. The first-order valence-corrected chi connectivity index (χ1v) is 8.80. The van der Waals surface area contributed by atoms with Crippen LogP contribution in [0.15, 0.2) is 18.2 Å². The minimum atomic E-state index is -0.397. The number of hydrogen-bond donors (Lipinski definition) is 0. The Morgan fingerprint density at radius 2 is 2.00 bits per heavy atom. The first-order chi connectivity index (χ1) is 10.3. The molecule has 0 aliphatic carbocycles. The van der Waals surface area contributed by atoms with E-state index in [2.05, 4.69) is 15.9 Å². The van der Waals surface area contributed by atoms with Crippen molar-refractivity contribution in [1.82, 2.24) is 0 Å². The van der Waals surface area contributed by atoms with Crippen molar-refractivity contribution < 1.29 is 9.59 Å². The summed E-state index contributed by atoms with van der Waals surface area (Å²) in [6, 6.07) is 5.74. The van der Waals surface area contributed by atoms with Gasteiger partial charge < -0.3 is 4.90 Å². The van der Waals surface area contributed by atoms with Crippen LogP contribution in [0.1, 0.15) is 56.5 Å². The van der Waals surface area contributed by atoms with Gasteiger partial charge >= 0.3 is 0 Å². The SMILES string of the molecule is CCC(Br)C(=O)c1ccc2c(c1)CCCN2C(=O)C(C)(C)C. The molecule has 0 saturated carbocycles. The van der Waals surface area contributed by atoms with Crippen LogP contribution in [0.3, 0.4) is 0 Å². The van der Waals surface area contributed by atoms with Crippen LogP contribution >= 0.6 is 15.9 Å². The van der Waals surface area contributed by atoms with E-state index in [-0.39, 0.29) is 16.5 Å². The molecule has 1 aliphatic rings. The smallest absolute Gasteiger partial charge is 0.232 e. The standard InChI is InChI=1S/C18H24BrNO2/c1-5-14(19)16(21)13-8-9-15-12(11-13)7-6-10-20(15)17(22)18(2,3)4/h8-9,11,14H,5-7,10H2,1-4H3. The number of hydrogen-bond acceptors (Lipinski definition) is 2. The molecule has 3 nitrogen and oxygen atoms in total. The normalized spacial score (nSPS) is 16.1. The number of benzene rings is 1. The molecule has 0 aromatic heterocycles. The molecule has 120 valence electrons. The van der Waals surface area contributed by atoms with Crippen molar-refractivity contribution in [2.75, 3.05) is 11.4 Å². The van der Waals surface area contributed by atoms with E-state index in [4.69, 9.17) is 0 Å². The summed E-state index contributed by atoms with van der Waals surface area (Å²) >= 11 is 3.42. The lowest BCUT2D eigenvalue weighted by molar-refractivity contribution is -0.125. The third-order valence-electron chi connectivity index (χ3n) is 4.01. The van der Waals surface area contributed by atoms with E-state index in [9.17, 15) is 9.59 Å². The molecule has 4 heteroatoms. The van der Waals surface area contributed by atoms with Crippen LogP contribution in [0.2, 0.25) is 0 Å².